The van der Waals surface area contributed by atoms with Crippen molar-refractivity contribution in [3.63, 3.8) is 0 Å². The fourth-order valence-corrected chi connectivity index (χ4v) is 3.32. The Hall–Kier alpha value is -1.64. The van der Waals surface area contributed by atoms with Gasteiger partial charge in [-0.05, 0) is 17.9 Å². The van der Waals surface area contributed by atoms with Gasteiger partial charge in [-0.1, -0.05) is 63.9 Å². The molecule has 4 atom stereocenters. The second-order valence-corrected chi connectivity index (χ2v) is 6.50. The van der Waals surface area contributed by atoms with Gasteiger partial charge >= 0.3 is 5.97 Å². The summed E-state index contributed by atoms with van der Waals surface area (Å²) in [6, 6.07) is 9.69. The lowest BCUT2D eigenvalue weighted by Gasteiger charge is -2.16. The topological polar surface area (TPSA) is 43.4 Å². The van der Waals surface area contributed by atoms with E-state index in [1.165, 1.54) is 0 Å². The van der Waals surface area contributed by atoms with E-state index in [0.717, 1.165) is 24.8 Å². The molecule has 3 nitrogen and oxygen atoms in total. The van der Waals surface area contributed by atoms with Crippen LogP contribution in [-0.2, 0) is 14.3 Å². The summed E-state index contributed by atoms with van der Waals surface area (Å²) in [5.74, 6) is -0.470. The van der Waals surface area contributed by atoms with E-state index in [1.54, 1.807) is 0 Å². The molecule has 1 heterocycles. The maximum Gasteiger partial charge on any atom is 0.317 e. The first kappa shape index (κ1) is 16.7. The first-order chi connectivity index (χ1) is 10.5. The van der Waals surface area contributed by atoms with E-state index in [2.05, 4.69) is 13.8 Å². The number of rotatable bonds is 7. The van der Waals surface area contributed by atoms with Crippen LogP contribution in [0.5, 0.6) is 0 Å². The van der Waals surface area contributed by atoms with Gasteiger partial charge in [0.1, 0.15) is 17.8 Å². The van der Waals surface area contributed by atoms with Crippen LogP contribution in [0.4, 0.5) is 0 Å². The zero-order valence-corrected chi connectivity index (χ0v) is 13.7. The Bertz CT molecular complexity index is 509. The normalized spacial score (nSPS) is 25.8. The Labute approximate surface area is 133 Å². The van der Waals surface area contributed by atoms with Gasteiger partial charge in [-0.25, -0.2) is 0 Å². The monoisotopic (exact) mass is 302 g/mol. The molecule has 3 heteroatoms. The molecule has 0 amide bonds. The zero-order chi connectivity index (χ0) is 16.1. The van der Waals surface area contributed by atoms with Crippen molar-refractivity contribution < 1.29 is 14.3 Å². The first-order valence-corrected chi connectivity index (χ1v) is 8.32. The number of carbonyl (C=O) groups is 2. The van der Waals surface area contributed by atoms with Crippen LogP contribution in [0, 0.1) is 17.8 Å². The summed E-state index contributed by atoms with van der Waals surface area (Å²) >= 11 is 0. The number of esters is 1. The summed E-state index contributed by atoms with van der Waals surface area (Å²) in [4.78, 5) is 24.6. The van der Waals surface area contributed by atoms with Gasteiger partial charge < -0.3 is 4.74 Å². The molecule has 0 aliphatic carbocycles. The predicted molar refractivity (Wildman–Crippen MR) is 86.2 cm³/mol. The molecule has 1 aromatic rings. The molecule has 2 rings (SSSR count). The van der Waals surface area contributed by atoms with Gasteiger partial charge in [-0.15, -0.1) is 0 Å². The summed E-state index contributed by atoms with van der Waals surface area (Å²) < 4.78 is 5.49. The quantitative estimate of drug-likeness (QED) is 0.556. The third-order valence-corrected chi connectivity index (χ3v) is 4.64. The second kappa shape index (κ2) is 7.57. The summed E-state index contributed by atoms with van der Waals surface area (Å²) in [7, 11) is 0. The Morgan fingerprint density at radius 1 is 1.23 bits per heavy atom. The number of hydrogen-bond donors (Lipinski definition) is 0. The molecule has 1 saturated heterocycles. The van der Waals surface area contributed by atoms with Gasteiger partial charge in [-0.2, -0.15) is 0 Å². The lowest BCUT2D eigenvalue weighted by molar-refractivity contribution is -0.147. The van der Waals surface area contributed by atoms with Crippen LogP contribution in [-0.4, -0.2) is 11.8 Å². The standard InChI is InChI=1S/C19H26O3/c1-4-8-13(2)11-12-16(20)17-14(3)18(22-19(17)21)15-9-6-5-7-10-15/h5-7,9-10,13-14,17-18H,4,8,11-12H2,1-3H3/t13-,14-,17?,18+/m1/s1. The SMILES string of the molecule is CCC[C@@H](C)CCC(=O)C1C(=O)O[C@H](c2ccccc2)[C@@H]1C. The molecule has 22 heavy (non-hydrogen) atoms. The summed E-state index contributed by atoms with van der Waals surface area (Å²) in [6.45, 7) is 6.26. The average Bonchev–Trinajstić information content (AvgIpc) is 2.81. The Kier molecular flexibility index (Phi) is 5.76. The number of cyclic esters (lactones) is 1. The van der Waals surface area contributed by atoms with Gasteiger partial charge in [-0.3, -0.25) is 9.59 Å². The van der Waals surface area contributed by atoms with Crippen LogP contribution in [0.2, 0.25) is 0 Å². The lowest BCUT2D eigenvalue weighted by atomic mass is 9.84. The van der Waals surface area contributed by atoms with Gasteiger partial charge in [0.15, 0.2) is 0 Å². The van der Waals surface area contributed by atoms with Crippen molar-refractivity contribution in [2.45, 2.75) is 52.6 Å². The predicted octanol–water partition coefficient (Wildman–Crippen LogP) is 4.32. The zero-order valence-electron chi connectivity index (χ0n) is 13.7. The van der Waals surface area contributed by atoms with Crippen molar-refractivity contribution in [3.8, 4) is 0 Å². The molecule has 1 aliphatic rings. The van der Waals surface area contributed by atoms with Crippen LogP contribution < -0.4 is 0 Å². The second-order valence-electron chi connectivity index (χ2n) is 6.50. The average molecular weight is 302 g/mol. The summed E-state index contributed by atoms with van der Waals surface area (Å²) in [6.07, 6.45) is 3.31. The highest BCUT2D eigenvalue weighted by Crippen LogP contribution is 2.40. The molecule has 1 unspecified atom stereocenters. The molecular weight excluding hydrogens is 276 g/mol. The minimum Gasteiger partial charge on any atom is -0.457 e. The fraction of sp³-hybridized carbons (Fsp3) is 0.579. The van der Waals surface area contributed by atoms with E-state index in [9.17, 15) is 9.59 Å². The minimum absolute atomic E-state index is 0.0406. The van der Waals surface area contributed by atoms with Crippen LogP contribution in [0.25, 0.3) is 0 Å². The highest BCUT2D eigenvalue weighted by molar-refractivity contribution is 6.00. The number of ketones is 1. The molecule has 0 aromatic heterocycles. The third-order valence-electron chi connectivity index (χ3n) is 4.64. The molecule has 1 aliphatic heterocycles. The van der Waals surface area contributed by atoms with E-state index in [-0.39, 0.29) is 23.8 Å². The largest absolute Gasteiger partial charge is 0.457 e. The number of Topliss-reactive ketones (excluding diaryl/α,β-unsaturated/α-hetero) is 1. The molecule has 0 bridgehead atoms. The number of hydrogen-bond acceptors (Lipinski definition) is 3. The Balaban J connectivity index is 1.99. The first-order valence-electron chi connectivity index (χ1n) is 8.32. The lowest BCUT2D eigenvalue weighted by Crippen LogP contribution is -2.25. The maximum absolute atomic E-state index is 12.5. The summed E-state index contributed by atoms with van der Waals surface area (Å²) in [5, 5.41) is 0. The highest BCUT2D eigenvalue weighted by Gasteiger charge is 2.46. The fourth-order valence-electron chi connectivity index (χ4n) is 3.32. The molecule has 1 fully saturated rings. The maximum atomic E-state index is 12.5. The number of carbonyl (C=O) groups excluding carboxylic acids is 2. The molecular formula is C19H26O3. The van der Waals surface area contributed by atoms with E-state index in [1.807, 2.05) is 37.3 Å². The van der Waals surface area contributed by atoms with Crippen molar-refractivity contribution in [1.29, 1.82) is 0 Å². The minimum atomic E-state index is -0.598. The van der Waals surface area contributed by atoms with Gasteiger partial charge in [0.25, 0.3) is 0 Å². The summed E-state index contributed by atoms with van der Waals surface area (Å²) in [5.41, 5.74) is 0.970. The number of ether oxygens (including phenoxy) is 1. The third kappa shape index (κ3) is 3.76. The number of benzene rings is 1. The van der Waals surface area contributed by atoms with E-state index in [0.29, 0.717) is 12.3 Å². The van der Waals surface area contributed by atoms with Gasteiger partial charge in [0, 0.05) is 12.3 Å². The van der Waals surface area contributed by atoms with Crippen molar-refractivity contribution in [2.75, 3.05) is 0 Å². The van der Waals surface area contributed by atoms with E-state index < -0.39 is 5.92 Å². The van der Waals surface area contributed by atoms with Crippen LogP contribution in [0.3, 0.4) is 0 Å². The van der Waals surface area contributed by atoms with Gasteiger partial charge in [0.2, 0.25) is 0 Å². The Morgan fingerprint density at radius 3 is 2.55 bits per heavy atom. The molecule has 0 radical (unpaired) electrons. The van der Waals surface area contributed by atoms with Crippen LogP contribution >= 0.6 is 0 Å². The Morgan fingerprint density at radius 2 is 1.91 bits per heavy atom. The molecule has 1 aromatic carbocycles. The molecule has 0 N–H and O–H groups in total. The molecule has 0 spiro atoms. The highest BCUT2D eigenvalue weighted by atomic mass is 16.6. The van der Waals surface area contributed by atoms with Crippen molar-refractivity contribution >= 4 is 11.8 Å². The molecule has 120 valence electrons. The molecule has 0 saturated carbocycles. The van der Waals surface area contributed by atoms with Crippen LogP contribution in [0.15, 0.2) is 30.3 Å². The van der Waals surface area contributed by atoms with Crippen molar-refractivity contribution in [2.24, 2.45) is 17.8 Å². The van der Waals surface area contributed by atoms with E-state index >= 15 is 0 Å². The smallest absolute Gasteiger partial charge is 0.317 e. The van der Waals surface area contributed by atoms with Crippen molar-refractivity contribution in [3.05, 3.63) is 35.9 Å². The van der Waals surface area contributed by atoms with Gasteiger partial charge in [0.05, 0.1) is 0 Å². The van der Waals surface area contributed by atoms with Crippen molar-refractivity contribution in [1.82, 2.24) is 0 Å². The van der Waals surface area contributed by atoms with E-state index in [4.69, 9.17) is 4.74 Å². The van der Waals surface area contributed by atoms with Crippen LogP contribution in [0.1, 0.15) is 58.1 Å².